The maximum absolute atomic E-state index is 2.38. The Bertz CT molecular complexity index is 1430. The molecule has 49 heavy (non-hydrogen) atoms. The molecule has 1 heteroatoms. The molecular weight excluding hydrogens is 591 g/mol. The van der Waals surface area contributed by atoms with Crippen molar-refractivity contribution in [1.29, 1.82) is 0 Å². The smallest absolute Gasteiger partial charge is 0.0461 e. The highest BCUT2D eigenvalue weighted by Gasteiger charge is 2.24. The van der Waals surface area contributed by atoms with Crippen LogP contribution in [-0.2, 0) is 32.5 Å². The van der Waals surface area contributed by atoms with Crippen molar-refractivity contribution >= 4 is 17.1 Å². The van der Waals surface area contributed by atoms with Gasteiger partial charge < -0.3 is 4.90 Å². The Kier molecular flexibility index (Phi) is 11.6. The molecule has 0 heterocycles. The summed E-state index contributed by atoms with van der Waals surface area (Å²) in [4.78, 5) is 2.35. The molecule has 4 aromatic carbocycles. The van der Waals surface area contributed by atoms with Gasteiger partial charge in [-0.25, -0.2) is 0 Å². The van der Waals surface area contributed by atoms with Crippen LogP contribution in [0.15, 0.2) is 91.0 Å². The fourth-order valence-corrected chi connectivity index (χ4v) is 5.71. The first kappa shape index (κ1) is 40.1. The standard InChI is InChI=1S/C30H39N.C18H30/c1-28(2,3)22-10-16-25(17-11-22)31(26-18-12-23(13-19-26)29(4,5)6)27-20-14-24(15-21-27)30(7,8)9;1-16(2,3)13-10-14(17(4,5)6)12-15(11-13)18(7,8)9/h10-21H,1-9H3;10-12H,1-9H3. The zero-order chi connectivity index (χ0) is 37.4. The minimum absolute atomic E-state index is 0.145. The largest absolute Gasteiger partial charge is 0.311 e. The normalized spacial score (nSPS) is 13.1. The van der Waals surface area contributed by atoms with Crippen LogP contribution in [0.1, 0.15) is 158 Å². The van der Waals surface area contributed by atoms with Crippen molar-refractivity contribution in [2.75, 3.05) is 4.90 Å². The van der Waals surface area contributed by atoms with Crippen molar-refractivity contribution in [2.45, 2.75) is 157 Å². The third kappa shape index (κ3) is 10.8. The number of hydrogen-bond acceptors (Lipinski definition) is 1. The minimum atomic E-state index is 0.145. The molecule has 266 valence electrons. The van der Waals surface area contributed by atoms with Crippen LogP contribution >= 0.6 is 0 Å². The highest BCUT2D eigenvalue weighted by Crippen LogP contribution is 2.38. The Hall–Kier alpha value is -3.32. The Morgan fingerprint density at radius 2 is 0.408 bits per heavy atom. The third-order valence-corrected chi connectivity index (χ3v) is 9.51. The average Bonchev–Trinajstić information content (AvgIpc) is 2.95. The van der Waals surface area contributed by atoms with Gasteiger partial charge in [0.25, 0.3) is 0 Å². The molecule has 0 aliphatic carbocycles. The van der Waals surface area contributed by atoms with Gasteiger partial charge in [0.05, 0.1) is 0 Å². The first-order valence-electron chi connectivity index (χ1n) is 18.4. The van der Waals surface area contributed by atoms with Gasteiger partial charge in [-0.2, -0.15) is 0 Å². The number of rotatable bonds is 3. The highest BCUT2D eigenvalue weighted by molar-refractivity contribution is 5.77. The maximum atomic E-state index is 2.38. The second-order valence-electron chi connectivity index (χ2n) is 20.3. The second kappa shape index (κ2) is 14.1. The molecular formula is C48H69N. The zero-order valence-corrected chi connectivity index (χ0v) is 34.6. The molecule has 0 aliphatic heterocycles. The van der Waals surface area contributed by atoms with Crippen molar-refractivity contribution in [3.05, 3.63) is 124 Å². The highest BCUT2D eigenvalue weighted by atomic mass is 15.1. The SMILES string of the molecule is CC(C)(C)c1cc(C(C)(C)C)cc(C(C)(C)C)c1.CC(C)(C)c1ccc(N(c2ccc(C(C)(C)C)cc2)c2ccc(C(C)(C)C)cc2)cc1. The lowest BCUT2D eigenvalue weighted by Crippen LogP contribution is -2.20. The van der Waals surface area contributed by atoms with Crippen LogP contribution in [0.25, 0.3) is 0 Å². The van der Waals surface area contributed by atoms with Gasteiger partial charge in [-0.15, -0.1) is 0 Å². The van der Waals surface area contributed by atoms with E-state index in [1.165, 1.54) is 50.4 Å². The molecule has 0 saturated heterocycles. The van der Waals surface area contributed by atoms with E-state index in [-0.39, 0.29) is 32.5 Å². The Morgan fingerprint density at radius 1 is 0.245 bits per heavy atom. The molecule has 0 amide bonds. The maximum Gasteiger partial charge on any atom is 0.0461 e. The van der Waals surface area contributed by atoms with Crippen LogP contribution in [0.2, 0.25) is 0 Å². The average molecular weight is 660 g/mol. The summed E-state index contributed by atoms with van der Waals surface area (Å²) in [6.07, 6.45) is 0. The molecule has 0 aliphatic rings. The lowest BCUT2D eigenvalue weighted by atomic mass is 9.76. The number of anilines is 3. The van der Waals surface area contributed by atoms with E-state index < -0.39 is 0 Å². The molecule has 0 fully saturated rings. The lowest BCUT2D eigenvalue weighted by molar-refractivity contribution is 0.548. The van der Waals surface area contributed by atoms with E-state index in [0.29, 0.717) is 0 Å². The van der Waals surface area contributed by atoms with E-state index in [4.69, 9.17) is 0 Å². The summed E-state index contributed by atoms with van der Waals surface area (Å²) in [6.45, 7) is 41.0. The minimum Gasteiger partial charge on any atom is -0.311 e. The fraction of sp³-hybridized carbons (Fsp3) is 0.500. The lowest BCUT2D eigenvalue weighted by Gasteiger charge is -2.29. The van der Waals surface area contributed by atoms with Crippen molar-refractivity contribution in [3.8, 4) is 0 Å². The molecule has 4 aromatic rings. The van der Waals surface area contributed by atoms with Gasteiger partial charge in [0, 0.05) is 17.1 Å². The van der Waals surface area contributed by atoms with Crippen molar-refractivity contribution in [3.63, 3.8) is 0 Å². The predicted molar refractivity (Wildman–Crippen MR) is 220 cm³/mol. The van der Waals surface area contributed by atoms with Gasteiger partial charge in [-0.3, -0.25) is 0 Å². The molecule has 0 N–H and O–H groups in total. The summed E-state index contributed by atoms with van der Waals surface area (Å²) in [7, 11) is 0. The molecule has 0 radical (unpaired) electrons. The van der Waals surface area contributed by atoms with Gasteiger partial charge >= 0.3 is 0 Å². The van der Waals surface area contributed by atoms with Crippen LogP contribution in [0.5, 0.6) is 0 Å². The summed E-state index contributed by atoms with van der Waals surface area (Å²) in [5, 5.41) is 0. The fourth-order valence-electron chi connectivity index (χ4n) is 5.71. The summed E-state index contributed by atoms with van der Waals surface area (Å²) in [5.74, 6) is 0. The van der Waals surface area contributed by atoms with Crippen LogP contribution in [0.3, 0.4) is 0 Å². The van der Waals surface area contributed by atoms with Gasteiger partial charge in [0.2, 0.25) is 0 Å². The quantitative estimate of drug-likeness (QED) is 0.212. The Balaban J connectivity index is 0.000000308. The van der Waals surface area contributed by atoms with E-state index in [2.05, 4.69) is 221 Å². The summed E-state index contributed by atoms with van der Waals surface area (Å²) in [6, 6.07) is 34.2. The number of hydrogen-bond donors (Lipinski definition) is 0. The summed E-state index contributed by atoms with van der Waals surface area (Å²) < 4.78 is 0. The van der Waals surface area contributed by atoms with E-state index >= 15 is 0 Å². The molecule has 4 rings (SSSR count). The van der Waals surface area contributed by atoms with Crippen molar-refractivity contribution < 1.29 is 0 Å². The van der Waals surface area contributed by atoms with Gasteiger partial charge in [0.15, 0.2) is 0 Å². The zero-order valence-electron chi connectivity index (χ0n) is 34.6. The molecule has 0 bridgehead atoms. The van der Waals surface area contributed by atoms with E-state index in [9.17, 15) is 0 Å². The second-order valence-corrected chi connectivity index (χ2v) is 20.3. The van der Waals surface area contributed by atoms with Crippen molar-refractivity contribution in [2.24, 2.45) is 0 Å². The first-order chi connectivity index (χ1) is 22.1. The molecule has 0 unspecified atom stereocenters. The first-order valence-corrected chi connectivity index (χ1v) is 18.4. The molecule has 0 aromatic heterocycles. The number of nitrogens with zero attached hydrogens (tertiary/aromatic N) is 1. The summed E-state index contributed by atoms with van der Waals surface area (Å²) >= 11 is 0. The third-order valence-electron chi connectivity index (χ3n) is 9.51. The van der Waals surface area contributed by atoms with E-state index in [1.54, 1.807) is 0 Å². The van der Waals surface area contributed by atoms with E-state index in [0.717, 1.165) is 0 Å². The number of benzene rings is 4. The van der Waals surface area contributed by atoms with Crippen LogP contribution in [0, 0.1) is 0 Å². The van der Waals surface area contributed by atoms with Crippen LogP contribution in [-0.4, -0.2) is 0 Å². The topological polar surface area (TPSA) is 3.24 Å². The monoisotopic (exact) mass is 660 g/mol. The molecule has 0 saturated carbocycles. The van der Waals surface area contributed by atoms with Crippen LogP contribution < -0.4 is 4.90 Å². The van der Waals surface area contributed by atoms with Gasteiger partial charge in [-0.05, 0) is 102 Å². The predicted octanol–water partition coefficient (Wildman–Crippen LogP) is 14.6. The van der Waals surface area contributed by atoms with Gasteiger partial charge in [-0.1, -0.05) is 179 Å². The van der Waals surface area contributed by atoms with Crippen molar-refractivity contribution in [1.82, 2.24) is 0 Å². The summed E-state index contributed by atoms with van der Waals surface area (Å²) in [5.41, 5.74) is 13.0. The van der Waals surface area contributed by atoms with Gasteiger partial charge in [0.1, 0.15) is 0 Å². The Labute approximate surface area is 302 Å². The Morgan fingerprint density at radius 3 is 0.551 bits per heavy atom. The molecule has 1 nitrogen and oxygen atoms in total. The molecule has 0 spiro atoms. The molecule has 0 atom stereocenters. The van der Waals surface area contributed by atoms with E-state index in [1.807, 2.05) is 0 Å². The van der Waals surface area contributed by atoms with Crippen LogP contribution in [0.4, 0.5) is 17.1 Å².